The Morgan fingerprint density at radius 3 is 2.54 bits per heavy atom. The van der Waals surface area contributed by atoms with Crippen LogP contribution in [0.15, 0.2) is 34.8 Å². The molecule has 13 heavy (non-hydrogen) atoms. The molecule has 70 valence electrons. The average Bonchev–Trinajstić information content (AvgIpc) is 2.16. The molecular weight excluding hydrogens is 230 g/mol. The van der Waals surface area contributed by atoms with Crippen molar-refractivity contribution in [3.8, 4) is 0 Å². The maximum Gasteiger partial charge on any atom is 0.0618 e. The van der Waals surface area contributed by atoms with E-state index in [1.165, 1.54) is 0 Å². The van der Waals surface area contributed by atoms with Crippen molar-refractivity contribution in [3.63, 3.8) is 0 Å². The van der Waals surface area contributed by atoms with Crippen molar-refractivity contribution in [3.05, 3.63) is 40.4 Å². The number of hydrogen-bond donors (Lipinski definition) is 2. The molecule has 1 atom stereocenters. The summed E-state index contributed by atoms with van der Waals surface area (Å²) in [6.07, 6.45) is 3.68. The second kappa shape index (κ2) is 5.17. The first-order chi connectivity index (χ1) is 6.22. The molecule has 3 N–H and O–H groups in total. The van der Waals surface area contributed by atoms with Crippen LogP contribution in [0.3, 0.4) is 0 Å². The minimum absolute atomic E-state index is 0.0208. The number of benzene rings is 1. The number of halogens is 1. The van der Waals surface area contributed by atoms with Gasteiger partial charge in [0.1, 0.15) is 0 Å². The van der Waals surface area contributed by atoms with Gasteiger partial charge in [-0.15, -0.1) is 0 Å². The zero-order valence-electron chi connectivity index (χ0n) is 7.15. The van der Waals surface area contributed by atoms with E-state index < -0.39 is 0 Å². The highest BCUT2D eigenvalue weighted by Crippen LogP contribution is 2.11. The predicted octanol–water partition coefficient (Wildman–Crippen LogP) is 1.78. The van der Waals surface area contributed by atoms with E-state index in [9.17, 15) is 0 Å². The molecule has 0 bridgehead atoms. The smallest absolute Gasteiger partial charge is 0.0618 e. The molecule has 1 aromatic carbocycles. The summed E-state index contributed by atoms with van der Waals surface area (Å²) in [5.41, 5.74) is 6.58. The third-order valence-corrected chi connectivity index (χ3v) is 2.15. The molecule has 1 rings (SSSR count). The summed E-state index contributed by atoms with van der Waals surface area (Å²) in [5.74, 6) is 0. The Morgan fingerprint density at radius 2 is 2.00 bits per heavy atom. The highest BCUT2D eigenvalue weighted by molar-refractivity contribution is 9.10. The second-order valence-electron chi connectivity index (χ2n) is 2.76. The van der Waals surface area contributed by atoms with Gasteiger partial charge in [0.15, 0.2) is 0 Å². The lowest BCUT2D eigenvalue weighted by Gasteiger charge is -1.99. The summed E-state index contributed by atoms with van der Waals surface area (Å²) in [4.78, 5) is 0. The Hall–Kier alpha value is -0.640. The lowest BCUT2D eigenvalue weighted by atomic mass is 10.2. The number of hydrogen-bond acceptors (Lipinski definition) is 2. The molecule has 0 fully saturated rings. The van der Waals surface area contributed by atoms with Crippen LogP contribution in [-0.4, -0.2) is 17.8 Å². The quantitative estimate of drug-likeness (QED) is 0.848. The van der Waals surface area contributed by atoms with Crippen LogP contribution in [-0.2, 0) is 0 Å². The van der Waals surface area contributed by atoms with Gasteiger partial charge in [0.05, 0.1) is 6.61 Å². The Morgan fingerprint density at radius 1 is 1.38 bits per heavy atom. The van der Waals surface area contributed by atoms with Crippen LogP contribution in [0.25, 0.3) is 6.08 Å². The largest absolute Gasteiger partial charge is 0.394 e. The zero-order valence-corrected chi connectivity index (χ0v) is 8.74. The maximum absolute atomic E-state index is 8.67. The van der Waals surface area contributed by atoms with Gasteiger partial charge in [0.25, 0.3) is 0 Å². The molecule has 0 aliphatic heterocycles. The molecule has 1 aromatic rings. The highest BCUT2D eigenvalue weighted by Gasteiger charge is 1.92. The number of nitrogens with two attached hydrogens (primary N) is 1. The number of aliphatic hydroxyl groups is 1. The minimum Gasteiger partial charge on any atom is -0.394 e. The van der Waals surface area contributed by atoms with Crippen LogP contribution >= 0.6 is 15.9 Å². The summed E-state index contributed by atoms with van der Waals surface area (Å²) in [6.45, 7) is -0.0208. The number of aliphatic hydroxyl groups excluding tert-OH is 1. The Labute approximate surface area is 86.2 Å². The topological polar surface area (TPSA) is 46.2 Å². The lowest BCUT2D eigenvalue weighted by molar-refractivity contribution is 0.284. The molecule has 0 saturated carbocycles. The molecule has 0 saturated heterocycles. The van der Waals surface area contributed by atoms with Gasteiger partial charge in [-0.1, -0.05) is 40.2 Å². The highest BCUT2D eigenvalue weighted by atomic mass is 79.9. The van der Waals surface area contributed by atoms with E-state index in [0.717, 1.165) is 10.0 Å². The van der Waals surface area contributed by atoms with E-state index in [1.54, 1.807) is 6.08 Å². The third-order valence-electron chi connectivity index (χ3n) is 1.62. The first kappa shape index (κ1) is 10.4. The SMILES string of the molecule is NC(C=Cc1ccc(Br)cc1)CO. The van der Waals surface area contributed by atoms with Crippen molar-refractivity contribution in [1.82, 2.24) is 0 Å². The molecular formula is C10H12BrNO. The van der Waals surface area contributed by atoms with E-state index in [-0.39, 0.29) is 12.6 Å². The molecule has 2 nitrogen and oxygen atoms in total. The predicted molar refractivity (Wildman–Crippen MR) is 58.2 cm³/mol. The van der Waals surface area contributed by atoms with Gasteiger partial charge in [0.2, 0.25) is 0 Å². The molecule has 0 aliphatic rings. The Kier molecular flexibility index (Phi) is 4.15. The summed E-state index contributed by atoms with van der Waals surface area (Å²) in [7, 11) is 0. The standard InChI is InChI=1S/C10H12BrNO/c11-9-4-1-8(2-5-9)3-6-10(12)7-13/h1-6,10,13H,7,12H2. The van der Waals surface area contributed by atoms with Crippen LogP contribution < -0.4 is 5.73 Å². The van der Waals surface area contributed by atoms with E-state index in [0.29, 0.717) is 0 Å². The summed E-state index contributed by atoms with van der Waals surface area (Å²) in [6, 6.07) is 7.60. The first-order valence-corrected chi connectivity index (χ1v) is 4.82. The van der Waals surface area contributed by atoms with Crippen molar-refractivity contribution in [2.24, 2.45) is 5.73 Å². The van der Waals surface area contributed by atoms with Crippen LogP contribution in [0.4, 0.5) is 0 Å². The van der Waals surface area contributed by atoms with Crippen molar-refractivity contribution >= 4 is 22.0 Å². The molecule has 0 spiro atoms. The fourth-order valence-electron chi connectivity index (χ4n) is 0.869. The minimum atomic E-state index is -0.274. The molecule has 0 aliphatic carbocycles. The van der Waals surface area contributed by atoms with Crippen molar-refractivity contribution in [2.45, 2.75) is 6.04 Å². The van der Waals surface area contributed by atoms with Crippen LogP contribution in [0, 0.1) is 0 Å². The summed E-state index contributed by atoms with van der Waals surface area (Å²) >= 11 is 3.35. The monoisotopic (exact) mass is 241 g/mol. The molecule has 0 radical (unpaired) electrons. The van der Waals surface area contributed by atoms with Gasteiger partial charge in [-0.05, 0) is 17.7 Å². The second-order valence-corrected chi connectivity index (χ2v) is 3.67. The normalized spacial score (nSPS) is 13.5. The Balaban J connectivity index is 2.64. The van der Waals surface area contributed by atoms with Gasteiger partial charge < -0.3 is 10.8 Å². The Bertz CT molecular complexity index is 281. The van der Waals surface area contributed by atoms with Gasteiger partial charge in [-0.2, -0.15) is 0 Å². The summed E-state index contributed by atoms with van der Waals surface area (Å²) in [5, 5.41) is 8.67. The summed E-state index contributed by atoms with van der Waals surface area (Å²) < 4.78 is 1.05. The van der Waals surface area contributed by atoms with Gasteiger partial charge in [-0.3, -0.25) is 0 Å². The fraction of sp³-hybridized carbons (Fsp3) is 0.200. The van der Waals surface area contributed by atoms with Gasteiger partial charge >= 0.3 is 0 Å². The van der Waals surface area contributed by atoms with Crippen LogP contribution in [0.5, 0.6) is 0 Å². The van der Waals surface area contributed by atoms with Gasteiger partial charge in [0, 0.05) is 10.5 Å². The van der Waals surface area contributed by atoms with Crippen LogP contribution in [0.1, 0.15) is 5.56 Å². The molecule has 0 heterocycles. The van der Waals surface area contributed by atoms with E-state index in [4.69, 9.17) is 10.8 Å². The van der Waals surface area contributed by atoms with E-state index in [2.05, 4.69) is 15.9 Å². The van der Waals surface area contributed by atoms with Crippen molar-refractivity contribution in [1.29, 1.82) is 0 Å². The molecule has 3 heteroatoms. The van der Waals surface area contributed by atoms with Crippen molar-refractivity contribution in [2.75, 3.05) is 6.61 Å². The molecule has 1 unspecified atom stereocenters. The number of rotatable bonds is 3. The van der Waals surface area contributed by atoms with Crippen LogP contribution in [0.2, 0.25) is 0 Å². The zero-order chi connectivity index (χ0) is 9.68. The van der Waals surface area contributed by atoms with E-state index in [1.807, 2.05) is 30.3 Å². The maximum atomic E-state index is 8.67. The molecule has 0 amide bonds. The average molecular weight is 242 g/mol. The fourth-order valence-corrected chi connectivity index (χ4v) is 1.13. The van der Waals surface area contributed by atoms with Gasteiger partial charge in [-0.25, -0.2) is 0 Å². The van der Waals surface area contributed by atoms with E-state index >= 15 is 0 Å². The third kappa shape index (κ3) is 3.72. The first-order valence-electron chi connectivity index (χ1n) is 4.02. The molecule has 0 aromatic heterocycles. The van der Waals surface area contributed by atoms with Crippen molar-refractivity contribution < 1.29 is 5.11 Å². The lowest BCUT2D eigenvalue weighted by Crippen LogP contribution is -2.20.